The van der Waals surface area contributed by atoms with Crippen LogP contribution in [0.2, 0.25) is 0 Å². The topological polar surface area (TPSA) is 38.7 Å². The molecule has 1 fully saturated rings. The Balaban J connectivity index is 2.24. The molecule has 126 valence electrons. The Labute approximate surface area is 140 Å². The molecule has 1 saturated carbocycles. The summed E-state index contributed by atoms with van der Waals surface area (Å²) in [4.78, 5) is 17.3. The molecule has 0 unspecified atom stereocenters. The maximum atomic E-state index is 12.4. The summed E-state index contributed by atoms with van der Waals surface area (Å²) in [6.45, 7) is 8.51. The second kappa shape index (κ2) is 7.29. The van der Waals surface area contributed by atoms with E-state index in [0.717, 1.165) is 37.8 Å². The van der Waals surface area contributed by atoms with Crippen LogP contribution in [0.25, 0.3) is 0 Å². The lowest BCUT2D eigenvalue weighted by Crippen LogP contribution is -2.42. The molecule has 0 aromatic heterocycles. The Morgan fingerprint density at radius 2 is 1.96 bits per heavy atom. The smallest absolute Gasteiger partial charge is 0.333 e. The number of aryl methyl sites for hydroxylation is 2. The molecule has 3 heteroatoms. The van der Waals surface area contributed by atoms with E-state index in [1.807, 2.05) is 6.92 Å². The van der Waals surface area contributed by atoms with Crippen molar-refractivity contribution in [2.45, 2.75) is 65.3 Å². The number of esters is 1. The zero-order valence-corrected chi connectivity index (χ0v) is 15.1. The Bertz CT molecular complexity index is 596. The summed E-state index contributed by atoms with van der Waals surface area (Å²) in [5.41, 5.74) is 4.17. The lowest BCUT2D eigenvalue weighted by molar-refractivity contribution is -0.148. The average Bonchev–Trinajstić information content (AvgIpc) is 2.52. The van der Waals surface area contributed by atoms with Crippen LogP contribution in [0.15, 0.2) is 23.2 Å². The predicted octanol–water partition coefficient (Wildman–Crippen LogP) is 4.43. The lowest BCUT2D eigenvalue weighted by Gasteiger charge is -2.34. The molecule has 0 spiro atoms. The van der Waals surface area contributed by atoms with E-state index in [1.165, 1.54) is 23.8 Å². The second-order valence-electron chi connectivity index (χ2n) is 7.16. The molecule has 2 rings (SSSR count). The van der Waals surface area contributed by atoms with Crippen molar-refractivity contribution in [1.29, 1.82) is 0 Å². The first-order valence-electron chi connectivity index (χ1n) is 8.56. The zero-order chi connectivity index (χ0) is 17.0. The molecule has 0 saturated heterocycles. The average molecular weight is 315 g/mol. The van der Waals surface area contributed by atoms with E-state index in [9.17, 15) is 4.79 Å². The fraction of sp³-hybridized carbons (Fsp3) is 0.600. The van der Waals surface area contributed by atoms with Crippen molar-refractivity contribution >= 4 is 11.7 Å². The molecule has 0 atom stereocenters. The summed E-state index contributed by atoms with van der Waals surface area (Å²) in [6.07, 6.45) is 4.46. The first-order chi connectivity index (χ1) is 10.9. The molecule has 23 heavy (non-hydrogen) atoms. The number of methoxy groups -OCH3 is 1. The van der Waals surface area contributed by atoms with Crippen LogP contribution in [-0.2, 0) is 16.0 Å². The molecular weight excluding hydrogens is 286 g/mol. The predicted molar refractivity (Wildman–Crippen MR) is 95.1 cm³/mol. The van der Waals surface area contributed by atoms with E-state index in [1.54, 1.807) is 0 Å². The highest BCUT2D eigenvalue weighted by Crippen LogP contribution is 2.36. The van der Waals surface area contributed by atoms with Gasteiger partial charge in [0.25, 0.3) is 0 Å². The number of benzene rings is 1. The molecule has 1 aliphatic rings. The molecule has 1 aromatic rings. The molecule has 0 N–H and O–H groups in total. The van der Waals surface area contributed by atoms with Crippen molar-refractivity contribution in [3.05, 3.63) is 34.9 Å². The Hall–Kier alpha value is -1.64. The number of carbonyl (C=O) groups excluding carboxylic acids is 1. The third kappa shape index (κ3) is 4.21. The van der Waals surface area contributed by atoms with Gasteiger partial charge in [-0.2, -0.15) is 0 Å². The van der Waals surface area contributed by atoms with E-state index >= 15 is 0 Å². The van der Waals surface area contributed by atoms with Gasteiger partial charge in [0.15, 0.2) is 5.54 Å². The molecule has 3 nitrogen and oxygen atoms in total. The summed E-state index contributed by atoms with van der Waals surface area (Å²) in [5.74, 6) is 0.493. The SMILES string of the molecule is COC(=O)[C@]1(/N=C(/C)Cc2cc(C)ccc2C)CC[C@@H](C)CC1. The number of carbonyl (C=O) groups is 1. The maximum Gasteiger partial charge on any atom is 0.333 e. The minimum Gasteiger partial charge on any atom is -0.467 e. The third-order valence-electron chi connectivity index (χ3n) is 5.02. The molecule has 0 heterocycles. The second-order valence-corrected chi connectivity index (χ2v) is 7.16. The first-order valence-corrected chi connectivity index (χ1v) is 8.56. The van der Waals surface area contributed by atoms with Gasteiger partial charge in [-0.1, -0.05) is 30.7 Å². The summed E-state index contributed by atoms with van der Waals surface area (Å²) >= 11 is 0. The molecule has 1 aromatic carbocycles. The fourth-order valence-electron chi connectivity index (χ4n) is 3.46. The lowest BCUT2D eigenvalue weighted by atomic mass is 9.77. The van der Waals surface area contributed by atoms with Crippen LogP contribution in [0, 0.1) is 19.8 Å². The van der Waals surface area contributed by atoms with Crippen LogP contribution >= 0.6 is 0 Å². The van der Waals surface area contributed by atoms with Crippen LogP contribution in [-0.4, -0.2) is 24.3 Å². The van der Waals surface area contributed by atoms with E-state index < -0.39 is 5.54 Å². The highest BCUT2D eigenvalue weighted by molar-refractivity contribution is 5.90. The Morgan fingerprint density at radius 3 is 2.57 bits per heavy atom. The van der Waals surface area contributed by atoms with Gasteiger partial charge < -0.3 is 4.74 Å². The van der Waals surface area contributed by atoms with E-state index in [4.69, 9.17) is 9.73 Å². The van der Waals surface area contributed by atoms with Crippen molar-refractivity contribution in [1.82, 2.24) is 0 Å². The zero-order valence-electron chi connectivity index (χ0n) is 15.1. The maximum absolute atomic E-state index is 12.4. The summed E-state index contributed by atoms with van der Waals surface area (Å²) in [5, 5.41) is 0. The third-order valence-corrected chi connectivity index (χ3v) is 5.02. The van der Waals surface area contributed by atoms with Crippen LogP contribution in [0.5, 0.6) is 0 Å². The minimum atomic E-state index is -0.664. The van der Waals surface area contributed by atoms with Gasteiger partial charge in [-0.15, -0.1) is 0 Å². The number of nitrogens with zero attached hydrogens (tertiary/aromatic N) is 1. The summed E-state index contributed by atoms with van der Waals surface area (Å²) < 4.78 is 5.08. The number of hydrogen-bond donors (Lipinski definition) is 0. The van der Waals surface area contributed by atoms with Crippen LogP contribution in [0.4, 0.5) is 0 Å². The number of aliphatic imine (C=N–C) groups is 1. The quantitative estimate of drug-likeness (QED) is 0.609. The van der Waals surface area contributed by atoms with Crippen molar-refractivity contribution < 1.29 is 9.53 Å². The molecule has 0 aliphatic heterocycles. The number of ether oxygens (including phenoxy) is 1. The van der Waals surface area contributed by atoms with E-state index in [2.05, 4.69) is 39.0 Å². The minimum absolute atomic E-state index is 0.176. The van der Waals surface area contributed by atoms with Crippen LogP contribution in [0.3, 0.4) is 0 Å². The highest BCUT2D eigenvalue weighted by atomic mass is 16.5. The van der Waals surface area contributed by atoms with Gasteiger partial charge >= 0.3 is 5.97 Å². The van der Waals surface area contributed by atoms with Gasteiger partial charge in [-0.25, -0.2) is 4.79 Å². The molecular formula is C20H29NO2. The number of hydrogen-bond acceptors (Lipinski definition) is 3. The fourth-order valence-corrected chi connectivity index (χ4v) is 3.46. The monoisotopic (exact) mass is 315 g/mol. The molecule has 1 aliphatic carbocycles. The van der Waals surface area contributed by atoms with Crippen molar-refractivity contribution in [3.8, 4) is 0 Å². The summed E-state index contributed by atoms with van der Waals surface area (Å²) in [6, 6.07) is 6.49. The molecule has 0 bridgehead atoms. The standard InChI is InChI=1S/C20H29NO2/c1-14-8-10-20(11-9-14,19(22)23-5)21-17(4)13-18-12-15(2)6-7-16(18)3/h6-7,12,14H,8-11,13H2,1-5H3/b21-17-/t14-,20+. The van der Waals surface area contributed by atoms with Crippen molar-refractivity contribution in [2.24, 2.45) is 10.9 Å². The van der Waals surface area contributed by atoms with Gasteiger partial charge in [-0.05, 0) is 63.5 Å². The Kier molecular flexibility index (Phi) is 5.61. The summed E-state index contributed by atoms with van der Waals surface area (Å²) in [7, 11) is 1.47. The number of rotatable bonds is 4. The van der Waals surface area contributed by atoms with Gasteiger partial charge in [0.05, 0.1) is 7.11 Å². The first kappa shape index (κ1) is 17.7. The van der Waals surface area contributed by atoms with Crippen molar-refractivity contribution in [2.75, 3.05) is 7.11 Å². The van der Waals surface area contributed by atoms with E-state index in [-0.39, 0.29) is 5.97 Å². The van der Waals surface area contributed by atoms with Gasteiger partial charge in [-0.3, -0.25) is 4.99 Å². The normalized spacial score (nSPS) is 25.3. The van der Waals surface area contributed by atoms with E-state index in [0.29, 0.717) is 5.92 Å². The highest BCUT2D eigenvalue weighted by Gasteiger charge is 2.42. The Morgan fingerprint density at radius 1 is 1.30 bits per heavy atom. The van der Waals surface area contributed by atoms with Crippen LogP contribution < -0.4 is 0 Å². The molecule has 0 amide bonds. The van der Waals surface area contributed by atoms with Gasteiger partial charge in [0.2, 0.25) is 0 Å². The van der Waals surface area contributed by atoms with Crippen LogP contribution in [0.1, 0.15) is 56.2 Å². The van der Waals surface area contributed by atoms with Crippen molar-refractivity contribution in [3.63, 3.8) is 0 Å². The van der Waals surface area contributed by atoms with Gasteiger partial charge in [0.1, 0.15) is 0 Å². The van der Waals surface area contributed by atoms with Gasteiger partial charge in [0, 0.05) is 12.1 Å². The molecule has 0 radical (unpaired) electrons. The largest absolute Gasteiger partial charge is 0.467 e.